The van der Waals surface area contributed by atoms with E-state index >= 15 is 0 Å². The minimum atomic E-state index is -0.113. The van der Waals surface area contributed by atoms with Crippen LogP contribution in [0.4, 0.5) is 11.4 Å². The predicted molar refractivity (Wildman–Crippen MR) is 96.8 cm³/mol. The zero-order valence-electron chi connectivity index (χ0n) is 12.8. The number of methoxy groups -OCH3 is 1. The van der Waals surface area contributed by atoms with Crippen LogP contribution in [0.1, 0.15) is 5.56 Å². The molecule has 3 aromatic carbocycles. The van der Waals surface area contributed by atoms with E-state index in [9.17, 15) is 0 Å². The van der Waals surface area contributed by atoms with Crippen LogP contribution in [-0.2, 0) is 0 Å². The summed E-state index contributed by atoms with van der Waals surface area (Å²) in [6.07, 6.45) is 0. The lowest BCUT2D eigenvalue weighted by Crippen LogP contribution is -2.36. The van der Waals surface area contributed by atoms with Crippen LogP contribution in [0.25, 0.3) is 10.8 Å². The zero-order valence-corrected chi connectivity index (χ0v) is 12.8. The molecule has 0 fully saturated rings. The fourth-order valence-electron chi connectivity index (χ4n) is 2.83. The fraction of sp³-hybridized carbons (Fsp3) is 0.0526. The number of rotatable bonds is 1. The molecule has 4 rings (SSSR count). The normalized spacial score (nSPS) is 12.0. The molecule has 0 aliphatic carbocycles. The molecule has 4 heteroatoms. The van der Waals surface area contributed by atoms with Crippen molar-refractivity contribution in [2.75, 3.05) is 17.6 Å². The van der Waals surface area contributed by atoms with Crippen LogP contribution in [-0.4, -0.2) is 14.1 Å². The SMILES string of the molecule is COc1ccc(C#CB2Nc3cccc4cccc(c34)N2)cc1. The second-order valence-corrected chi connectivity index (χ2v) is 5.43. The van der Waals surface area contributed by atoms with Gasteiger partial charge in [-0.3, -0.25) is 0 Å². The highest BCUT2D eigenvalue weighted by Crippen LogP contribution is 2.33. The molecule has 0 radical (unpaired) electrons. The van der Waals surface area contributed by atoms with E-state index < -0.39 is 0 Å². The van der Waals surface area contributed by atoms with E-state index in [0.717, 1.165) is 22.7 Å². The Hall–Kier alpha value is -3.06. The van der Waals surface area contributed by atoms with Crippen LogP contribution < -0.4 is 15.2 Å². The summed E-state index contributed by atoms with van der Waals surface area (Å²) in [5, 5.41) is 9.33. The molecular weight excluding hydrogens is 283 g/mol. The van der Waals surface area contributed by atoms with Crippen molar-refractivity contribution >= 4 is 29.1 Å². The number of hydrogen-bond acceptors (Lipinski definition) is 3. The van der Waals surface area contributed by atoms with Gasteiger partial charge in [-0.05, 0) is 41.8 Å². The topological polar surface area (TPSA) is 33.3 Å². The fourth-order valence-corrected chi connectivity index (χ4v) is 2.83. The molecule has 0 saturated carbocycles. The first-order chi connectivity index (χ1) is 11.3. The quantitative estimate of drug-likeness (QED) is 0.530. The first-order valence-electron chi connectivity index (χ1n) is 7.54. The van der Waals surface area contributed by atoms with Gasteiger partial charge in [0.1, 0.15) is 5.75 Å². The van der Waals surface area contributed by atoms with Gasteiger partial charge < -0.3 is 15.2 Å². The molecule has 0 aromatic heterocycles. The van der Waals surface area contributed by atoms with Crippen molar-refractivity contribution in [1.82, 2.24) is 0 Å². The van der Waals surface area contributed by atoms with E-state index in [-0.39, 0.29) is 6.98 Å². The summed E-state index contributed by atoms with van der Waals surface area (Å²) < 4.78 is 5.16. The van der Waals surface area contributed by atoms with Crippen molar-refractivity contribution in [3.63, 3.8) is 0 Å². The Labute approximate surface area is 135 Å². The van der Waals surface area contributed by atoms with E-state index in [1.165, 1.54) is 10.8 Å². The highest BCUT2D eigenvalue weighted by atomic mass is 16.5. The summed E-state index contributed by atoms with van der Waals surface area (Å²) in [5.74, 6) is 7.28. The van der Waals surface area contributed by atoms with Crippen LogP contribution >= 0.6 is 0 Å². The molecule has 3 nitrogen and oxygen atoms in total. The first-order valence-corrected chi connectivity index (χ1v) is 7.54. The monoisotopic (exact) mass is 298 g/mol. The lowest BCUT2D eigenvalue weighted by Gasteiger charge is -2.23. The number of benzene rings is 3. The molecule has 1 aliphatic rings. The zero-order chi connectivity index (χ0) is 15.6. The maximum Gasteiger partial charge on any atom is 0.460 e. The van der Waals surface area contributed by atoms with Gasteiger partial charge in [-0.2, -0.15) is 0 Å². The Bertz CT molecular complexity index is 885. The highest BCUT2D eigenvalue weighted by Gasteiger charge is 2.21. The summed E-state index contributed by atoms with van der Waals surface area (Å²) in [4.78, 5) is 0. The lowest BCUT2D eigenvalue weighted by atomic mass is 9.74. The first kappa shape index (κ1) is 13.6. The molecule has 23 heavy (non-hydrogen) atoms. The molecule has 110 valence electrons. The van der Waals surface area contributed by atoms with Gasteiger partial charge in [0.05, 0.1) is 7.11 Å². The Morgan fingerprint density at radius 2 is 1.52 bits per heavy atom. The number of ether oxygens (including phenoxy) is 1. The van der Waals surface area contributed by atoms with Gasteiger partial charge in [-0.25, -0.2) is 0 Å². The van der Waals surface area contributed by atoms with Crippen LogP contribution in [0.2, 0.25) is 0 Å². The van der Waals surface area contributed by atoms with Crippen molar-refractivity contribution in [2.45, 2.75) is 0 Å². The van der Waals surface area contributed by atoms with Gasteiger partial charge in [0.25, 0.3) is 0 Å². The largest absolute Gasteiger partial charge is 0.497 e. The lowest BCUT2D eigenvalue weighted by molar-refractivity contribution is 0.415. The van der Waals surface area contributed by atoms with Gasteiger partial charge in [0.15, 0.2) is 0 Å². The summed E-state index contributed by atoms with van der Waals surface area (Å²) in [7, 11) is 1.66. The molecular formula is C19H15BN2O. The third-order valence-electron chi connectivity index (χ3n) is 3.96. The molecule has 0 saturated heterocycles. The van der Waals surface area contributed by atoms with Crippen LogP contribution in [0, 0.1) is 11.7 Å². The summed E-state index contributed by atoms with van der Waals surface area (Å²) in [6, 6.07) is 20.3. The smallest absolute Gasteiger partial charge is 0.460 e. The van der Waals surface area contributed by atoms with Crippen molar-refractivity contribution in [2.24, 2.45) is 0 Å². The summed E-state index contributed by atoms with van der Waals surface area (Å²) >= 11 is 0. The van der Waals surface area contributed by atoms with Gasteiger partial charge in [0, 0.05) is 22.3 Å². The van der Waals surface area contributed by atoms with Gasteiger partial charge in [-0.15, -0.1) is 0 Å². The molecule has 0 atom stereocenters. The van der Waals surface area contributed by atoms with Crippen LogP contribution in [0.5, 0.6) is 5.75 Å². The molecule has 3 aromatic rings. The van der Waals surface area contributed by atoms with E-state index in [1.807, 2.05) is 24.3 Å². The predicted octanol–water partition coefficient (Wildman–Crippen LogP) is 3.76. The minimum absolute atomic E-state index is 0.113. The second-order valence-electron chi connectivity index (χ2n) is 5.43. The Balaban J connectivity index is 1.62. The Kier molecular flexibility index (Phi) is 3.32. The average molecular weight is 298 g/mol. The molecule has 0 bridgehead atoms. The standard InChI is InChI=1S/C19H15BN2O/c1-23-16-10-8-14(9-11-16)12-13-20-21-17-6-2-4-15-5-3-7-18(22-20)19(15)17/h2-11,21-22H,1H3. The third kappa shape index (κ3) is 2.58. The highest BCUT2D eigenvalue weighted by molar-refractivity contribution is 6.75. The summed E-state index contributed by atoms with van der Waals surface area (Å²) in [5.41, 5.74) is 3.20. The molecule has 0 spiro atoms. The number of nitrogens with one attached hydrogen (secondary N) is 2. The van der Waals surface area contributed by atoms with Crippen molar-refractivity contribution in [3.8, 4) is 17.5 Å². The van der Waals surface area contributed by atoms with Crippen LogP contribution in [0.15, 0.2) is 60.7 Å². The van der Waals surface area contributed by atoms with Gasteiger partial charge in [0.2, 0.25) is 0 Å². The molecule has 2 N–H and O–H groups in total. The third-order valence-corrected chi connectivity index (χ3v) is 3.96. The molecule has 0 amide bonds. The number of anilines is 2. The van der Waals surface area contributed by atoms with E-state index in [0.29, 0.717) is 0 Å². The molecule has 1 heterocycles. The minimum Gasteiger partial charge on any atom is -0.497 e. The van der Waals surface area contributed by atoms with Gasteiger partial charge in [-0.1, -0.05) is 36.0 Å². The Morgan fingerprint density at radius 1 is 0.870 bits per heavy atom. The molecule has 0 unspecified atom stereocenters. The van der Waals surface area contributed by atoms with E-state index in [2.05, 4.69) is 58.6 Å². The van der Waals surface area contributed by atoms with E-state index in [1.54, 1.807) is 7.11 Å². The van der Waals surface area contributed by atoms with Crippen molar-refractivity contribution in [3.05, 3.63) is 66.2 Å². The number of hydrogen-bond donors (Lipinski definition) is 2. The van der Waals surface area contributed by atoms with Gasteiger partial charge >= 0.3 is 6.98 Å². The maximum atomic E-state index is 5.16. The average Bonchev–Trinajstić information content (AvgIpc) is 2.61. The van der Waals surface area contributed by atoms with E-state index in [4.69, 9.17) is 4.74 Å². The van der Waals surface area contributed by atoms with Crippen LogP contribution in [0.3, 0.4) is 0 Å². The Morgan fingerprint density at radius 3 is 2.13 bits per heavy atom. The second kappa shape index (κ2) is 5.62. The maximum absolute atomic E-state index is 5.16. The molecule has 1 aliphatic heterocycles. The van der Waals surface area contributed by atoms with Crippen molar-refractivity contribution in [1.29, 1.82) is 0 Å². The van der Waals surface area contributed by atoms with Crippen molar-refractivity contribution < 1.29 is 4.74 Å². The summed E-state index contributed by atoms with van der Waals surface area (Å²) in [6.45, 7) is -0.113.